The zero-order chi connectivity index (χ0) is 14.1. The number of nitrogens with zero attached hydrogens (tertiary/aromatic N) is 2. The summed E-state index contributed by atoms with van der Waals surface area (Å²) < 4.78 is 16.7. The molecular formula is C15H17N3O3. The van der Waals surface area contributed by atoms with Gasteiger partial charge in [-0.25, -0.2) is 0 Å². The summed E-state index contributed by atoms with van der Waals surface area (Å²) in [4.78, 5) is 4.49. The number of nitrogens with one attached hydrogen (secondary N) is 1. The van der Waals surface area contributed by atoms with Crippen LogP contribution in [0.3, 0.4) is 0 Å². The number of aromatic nitrogens is 2. The third kappa shape index (κ3) is 2.47. The summed E-state index contributed by atoms with van der Waals surface area (Å²) >= 11 is 0. The summed E-state index contributed by atoms with van der Waals surface area (Å²) in [5, 5.41) is 7.37. The molecule has 0 aliphatic carbocycles. The lowest BCUT2D eigenvalue weighted by molar-refractivity contribution is 0.109. The lowest BCUT2D eigenvalue weighted by Crippen LogP contribution is -2.18. The Kier molecular flexibility index (Phi) is 3.23. The van der Waals surface area contributed by atoms with E-state index in [1.54, 1.807) is 0 Å². The van der Waals surface area contributed by atoms with Gasteiger partial charge in [0.1, 0.15) is 6.61 Å². The Labute approximate surface area is 122 Å². The molecule has 2 aliphatic rings. The first-order valence-corrected chi connectivity index (χ1v) is 7.34. The molecule has 1 aromatic heterocycles. The Bertz CT molecular complexity index is 635. The van der Waals surface area contributed by atoms with Crippen LogP contribution < -0.4 is 10.1 Å². The third-order valence-corrected chi connectivity index (χ3v) is 3.81. The number of ether oxygens (including phenoxy) is 2. The fourth-order valence-corrected chi connectivity index (χ4v) is 2.79. The van der Waals surface area contributed by atoms with E-state index in [1.807, 2.05) is 18.2 Å². The Balaban J connectivity index is 1.60. The summed E-state index contributed by atoms with van der Waals surface area (Å²) in [6.45, 7) is 2.28. The SMILES string of the molecule is c1cc2c(c(-c3nc(CC4CCCO4)no3)c1)OCCN2. The number of anilines is 1. The van der Waals surface area contributed by atoms with Crippen molar-refractivity contribution in [2.45, 2.75) is 25.4 Å². The van der Waals surface area contributed by atoms with E-state index in [0.29, 0.717) is 24.7 Å². The van der Waals surface area contributed by atoms with E-state index in [0.717, 1.165) is 43.0 Å². The normalized spacial score (nSPS) is 20.7. The summed E-state index contributed by atoms with van der Waals surface area (Å²) in [7, 11) is 0. The minimum absolute atomic E-state index is 0.220. The van der Waals surface area contributed by atoms with Gasteiger partial charge in [-0.05, 0) is 25.0 Å². The van der Waals surface area contributed by atoms with Crippen molar-refractivity contribution in [1.82, 2.24) is 10.1 Å². The Morgan fingerprint density at radius 2 is 2.29 bits per heavy atom. The van der Waals surface area contributed by atoms with Crippen molar-refractivity contribution in [2.24, 2.45) is 0 Å². The van der Waals surface area contributed by atoms with Crippen molar-refractivity contribution in [2.75, 3.05) is 25.1 Å². The molecule has 1 fully saturated rings. The predicted octanol–water partition coefficient (Wildman–Crippen LogP) is 2.26. The smallest absolute Gasteiger partial charge is 0.261 e. The molecule has 1 N–H and O–H groups in total. The van der Waals surface area contributed by atoms with Crippen molar-refractivity contribution >= 4 is 5.69 Å². The van der Waals surface area contributed by atoms with E-state index in [4.69, 9.17) is 14.0 Å². The van der Waals surface area contributed by atoms with Crippen molar-refractivity contribution in [1.29, 1.82) is 0 Å². The molecule has 2 aliphatic heterocycles. The van der Waals surface area contributed by atoms with Crippen molar-refractivity contribution in [3.63, 3.8) is 0 Å². The fraction of sp³-hybridized carbons (Fsp3) is 0.467. The average molecular weight is 287 g/mol. The Hall–Kier alpha value is -2.08. The van der Waals surface area contributed by atoms with Gasteiger partial charge in [-0.15, -0.1) is 0 Å². The highest BCUT2D eigenvalue weighted by molar-refractivity contribution is 5.74. The Morgan fingerprint density at radius 3 is 3.19 bits per heavy atom. The number of fused-ring (bicyclic) bond motifs is 1. The van der Waals surface area contributed by atoms with Crippen LogP contribution in [0.4, 0.5) is 5.69 Å². The van der Waals surface area contributed by atoms with Gasteiger partial charge >= 0.3 is 0 Å². The minimum atomic E-state index is 0.220. The zero-order valence-electron chi connectivity index (χ0n) is 11.7. The second-order valence-electron chi connectivity index (χ2n) is 5.31. The van der Waals surface area contributed by atoms with Crippen molar-refractivity contribution in [3.05, 3.63) is 24.0 Å². The topological polar surface area (TPSA) is 69.4 Å². The molecule has 2 aromatic rings. The van der Waals surface area contributed by atoms with Crippen LogP contribution >= 0.6 is 0 Å². The Morgan fingerprint density at radius 1 is 1.29 bits per heavy atom. The van der Waals surface area contributed by atoms with Gasteiger partial charge in [-0.2, -0.15) is 4.98 Å². The van der Waals surface area contributed by atoms with E-state index < -0.39 is 0 Å². The molecular weight excluding hydrogens is 270 g/mol. The molecule has 0 bridgehead atoms. The number of para-hydroxylation sites is 1. The van der Waals surface area contributed by atoms with Gasteiger partial charge in [0.15, 0.2) is 11.6 Å². The van der Waals surface area contributed by atoms with Crippen molar-refractivity contribution in [3.8, 4) is 17.2 Å². The molecule has 110 valence electrons. The summed E-state index contributed by atoms with van der Waals surface area (Å²) in [5.74, 6) is 1.98. The molecule has 0 radical (unpaired) electrons. The van der Waals surface area contributed by atoms with Gasteiger partial charge in [-0.1, -0.05) is 11.2 Å². The van der Waals surface area contributed by atoms with Crippen molar-refractivity contribution < 1.29 is 14.0 Å². The van der Waals surface area contributed by atoms with E-state index >= 15 is 0 Å². The molecule has 6 nitrogen and oxygen atoms in total. The first-order valence-electron chi connectivity index (χ1n) is 7.34. The fourth-order valence-electron chi connectivity index (χ4n) is 2.79. The molecule has 21 heavy (non-hydrogen) atoms. The van der Waals surface area contributed by atoms with Crippen LogP contribution in [0.25, 0.3) is 11.5 Å². The summed E-state index contributed by atoms with van der Waals surface area (Å²) in [6, 6.07) is 5.89. The van der Waals surface area contributed by atoms with Crippen LogP contribution in [0.15, 0.2) is 22.7 Å². The molecule has 1 unspecified atom stereocenters. The highest BCUT2D eigenvalue weighted by atomic mass is 16.5. The van der Waals surface area contributed by atoms with Crippen LogP contribution in [-0.4, -0.2) is 36.0 Å². The zero-order valence-corrected chi connectivity index (χ0v) is 11.7. The van der Waals surface area contributed by atoms with E-state index in [1.165, 1.54) is 0 Å². The lowest BCUT2D eigenvalue weighted by atomic mass is 10.1. The van der Waals surface area contributed by atoms with E-state index in [-0.39, 0.29) is 6.10 Å². The molecule has 1 saturated heterocycles. The molecule has 0 spiro atoms. The van der Waals surface area contributed by atoms with Crippen LogP contribution in [-0.2, 0) is 11.2 Å². The van der Waals surface area contributed by atoms with Crippen LogP contribution in [0.5, 0.6) is 5.75 Å². The van der Waals surface area contributed by atoms with Gasteiger partial charge in [0.05, 0.1) is 17.4 Å². The largest absolute Gasteiger partial charge is 0.489 e. The molecule has 0 amide bonds. The lowest BCUT2D eigenvalue weighted by Gasteiger charge is -2.20. The second-order valence-corrected chi connectivity index (χ2v) is 5.31. The molecule has 6 heteroatoms. The quantitative estimate of drug-likeness (QED) is 0.934. The average Bonchev–Trinajstić information content (AvgIpc) is 3.19. The van der Waals surface area contributed by atoms with Gasteiger partial charge in [0, 0.05) is 19.6 Å². The molecule has 0 saturated carbocycles. The molecule has 3 heterocycles. The standard InChI is InChI=1S/C15H17N3O3/c1-4-11(14-12(5-1)16-6-8-20-14)15-17-13(18-21-15)9-10-3-2-7-19-10/h1,4-5,10,16H,2-3,6-9H2. The van der Waals surface area contributed by atoms with Gasteiger partial charge < -0.3 is 19.3 Å². The van der Waals surface area contributed by atoms with E-state index in [9.17, 15) is 0 Å². The number of rotatable bonds is 3. The van der Waals surface area contributed by atoms with Crippen LogP contribution in [0.2, 0.25) is 0 Å². The third-order valence-electron chi connectivity index (χ3n) is 3.81. The molecule has 1 aromatic carbocycles. The number of hydrogen-bond donors (Lipinski definition) is 1. The first-order chi connectivity index (χ1) is 10.4. The minimum Gasteiger partial charge on any atom is -0.489 e. The summed E-state index contributed by atoms with van der Waals surface area (Å²) in [6.07, 6.45) is 3.11. The highest BCUT2D eigenvalue weighted by Crippen LogP contribution is 2.37. The van der Waals surface area contributed by atoms with Crippen LogP contribution in [0.1, 0.15) is 18.7 Å². The molecule has 1 atom stereocenters. The van der Waals surface area contributed by atoms with Crippen LogP contribution in [0, 0.1) is 0 Å². The number of hydrogen-bond acceptors (Lipinski definition) is 6. The monoisotopic (exact) mass is 287 g/mol. The maximum absolute atomic E-state index is 5.74. The van der Waals surface area contributed by atoms with E-state index in [2.05, 4.69) is 15.5 Å². The predicted molar refractivity (Wildman–Crippen MR) is 76.4 cm³/mol. The van der Waals surface area contributed by atoms with Gasteiger partial charge in [0.25, 0.3) is 5.89 Å². The highest BCUT2D eigenvalue weighted by Gasteiger charge is 2.22. The second kappa shape index (κ2) is 5.37. The van der Waals surface area contributed by atoms with Gasteiger partial charge in [0.2, 0.25) is 0 Å². The maximum atomic E-state index is 5.74. The first kappa shape index (κ1) is 12.6. The summed E-state index contributed by atoms with van der Waals surface area (Å²) in [5.41, 5.74) is 1.81. The molecule has 4 rings (SSSR count). The maximum Gasteiger partial charge on any atom is 0.261 e. The van der Waals surface area contributed by atoms with Gasteiger partial charge in [-0.3, -0.25) is 0 Å². The number of benzene rings is 1.